The van der Waals surface area contributed by atoms with Crippen molar-refractivity contribution in [2.45, 2.75) is 51.6 Å². The molecule has 23 heavy (non-hydrogen) atoms. The molecular weight excluding hydrogens is 290 g/mol. The van der Waals surface area contributed by atoms with Crippen molar-refractivity contribution in [3.63, 3.8) is 0 Å². The zero-order chi connectivity index (χ0) is 16.2. The van der Waals surface area contributed by atoms with Gasteiger partial charge in [-0.15, -0.1) is 0 Å². The molecule has 2 heterocycles. The Kier molecular flexibility index (Phi) is 4.84. The SMILES string of the molecule is C[C@@H](CC(=O)N1CCCCCC1)Nc1ccc2c(c1)C(=O)NC2. The third-order valence-electron chi connectivity index (χ3n) is 4.65. The number of nitrogens with zero attached hydrogens (tertiary/aromatic N) is 1. The summed E-state index contributed by atoms with van der Waals surface area (Å²) >= 11 is 0. The van der Waals surface area contributed by atoms with Gasteiger partial charge < -0.3 is 15.5 Å². The maximum Gasteiger partial charge on any atom is 0.251 e. The second-order valence-electron chi connectivity index (χ2n) is 6.60. The van der Waals surface area contributed by atoms with Crippen LogP contribution in [0.5, 0.6) is 0 Å². The molecule has 1 aromatic rings. The average molecular weight is 315 g/mol. The molecule has 0 aromatic heterocycles. The normalized spacial score (nSPS) is 18.8. The van der Waals surface area contributed by atoms with Crippen LogP contribution in [-0.2, 0) is 11.3 Å². The molecule has 5 heteroatoms. The fourth-order valence-corrected chi connectivity index (χ4v) is 3.35. The van der Waals surface area contributed by atoms with Crippen LogP contribution in [0, 0.1) is 0 Å². The van der Waals surface area contributed by atoms with Gasteiger partial charge in [-0.1, -0.05) is 18.9 Å². The van der Waals surface area contributed by atoms with Crippen LogP contribution < -0.4 is 10.6 Å². The molecule has 1 aromatic carbocycles. The first kappa shape index (κ1) is 15.8. The van der Waals surface area contributed by atoms with Gasteiger partial charge in [0.05, 0.1) is 0 Å². The lowest BCUT2D eigenvalue weighted by atomic mass is 10.1. The number of anilines is 1. The van der Waals surface area contributed by atoms with Crippen molar-refractivity contribution in [1.82, 2.24) is 10.2 Å². The molecule has 0 aliphatic carbocycles. The van der Waals surface area contributed by atoms with Crippen molar-refractivity contribution in [3.8, 4) is 0 Å². The van der Waals surface area contributed by atoms with E-state index in [1.54, 1.807) is 0 Å². The van der Waals surface area contributed by atoms with E-state index >= 15 is 0 Å². The minimum Gasteiger partial charge on any atom is -0.382 e. The van der Waals surface area contributed by atoms with Gasteiger partial charge in [-0.25, -0.2) is 0 Å². The Balaban J connectivity index is 1.56. The van der Waals surface area contributed by atoms with Gasteiger partial charge in [0.15, 0.2) is 0 Å². The highest BCUT2D eigenvalue weighted by Crippen LogP contribution is 2.21. The van der Waals surface area contributed by atoms with Gasteiger partial charge in [-0.3, -0.25) is 9.59 Å². The number of likely N-dealkylation sites (tertiary alicyclic amines) is 1. The van der Waals surface area contributed by atoms with Gasteiger partial charge in [0.25, 0.3) is 5.91 Å². The molecule has 0 unspecified atom stereocenters. The van der Waals surface area contributed by atoms with Crippen molar-refractivity contribution < 1.29 is 9.59 Å². The molecule has 2 aliphatic heterocycles. The van der Waals surface area contributed by atoms with E-state index in [1.165, 1.54) is 12.8 Å². The fourth-order valence-electron chi connectivity index (χ4n) is 3.35. The van der Waals surface area contributed by atoms with Gasteiger partial charge in [0.2, 0.25) is 5.91 Å². The third kappa shape index (κ3) is 3.84. The number of benzene rings is 1. The summed E-state index contributed by atoms with van der Waals surface area (Å²) in [6.07, 6.45) is 5.19. The maximum absolute atomic E-state index is 12.4. The molecule has 2 aliphatic rings. The Morgan fingerprint density at radius 2 is 2.00 bits per heavy atom. The lowest BCUT2D eigenvalue weighted by Crippen LogP contribution is -2.35. The second kappa shape index (κ2) is 7.02. The van der Waals surface area contributed by atoms with Crippen LogP contribution in [0.25, 0.3) is 0 Å². The number of hydrogen-bond acceptors (Lipinski definition) is 3. The van der Waals surface area contributed by atoms with Crippen LogP contribution in [0.4, 0.5) is 5.69 Å². The van der Waals surface area contributed by atoms with Crippen molar-refractivity contribution in [3.05, 3.63) is 29.3 Å². The smallest absolute Gasteiger partial charge is 0.251 e. The average Bonchev–Trinajstić information content (AvgIpc) is 2.76. The highest BCUT2D eigenvalue weighted by atomic mass is 16.2. The third-order valence-corrected chi connectivity index (χ3v) is 4.65. The minimum atomic E-state index is -0.0167. The first-order valence-corrected chi connectivity index (χ1v) is 8.59. The van der Waals surface area contributed by atoms with Crippen LogP contribution in [0.15, 0.2) is 18.2 Å². The van der Waals surface area contributed by atoms with Crippen LogP contribution in [0.1, 0.15) is 54.9 Å². The second-order valence-corrected chi connectivity index (χ2v) is 6.60. The van der Waals surface area contributed by atoms with Crippen molar-refractivity contribution in [2.24, 2.45) is 0 Å². The molecule has 2 N–H and O–H groups in total. The van der Waals surface area contributed by atoms with Crippen LogP contribution in [-0.4, -0.2) is 35.8 Å². The highest BCUT2D eigenvalue weighted by molar-refractivity contribution is 5.99. The molecule has 0 bridgehead atoms. The number of carbonyl (C=O) groups is 2. The Labute approximate surface area is 137 Å². The van der Waals surface area contributed by atoms with E-state index in [4.69, 9.17) is 0 Å². The zero-order valence-corrected chi connectivity index (χ0v) is 13.7. The fraction of sp³-hybridized carbons (Fsp3) is 0.556. The number of rotatable bonds is 4. The zero-order valence-electron chi connectivity index (χ0n) is 13.7. The summed E-state index contributed by atoms with van der Waals surface area (Å²) in [4.78, 5) is 26.1. The first-order valence-electron chi connectivity index (χ1n) is 8.59. The number of nitrogens with one attached hydrogen (secondary N) is 2. The van der Waals surface area contributed by atoms with E-state index in [1.807, 2.05) is 30.0 Å². The largest absolute Gasteiger partial charge is 0.382 e. The van der Waals surface area contributed by atoms with E-state index in [0.29, 0.717) is 13.0 Å². The van der Waals surface area contributed by atoms with E-state index in [-0.39, 0.29) is 17.9 Å². The van der Waals surface area contributed by atoms with Crippen LogP contribution in [0.3, 0.4) is 0 Å². The maximum atomic E-state index is 12.4. The lowest BCUT2D eigenvalue weighted by Gasteiger charge is -2.23. The standard InChI is InChI=1S/C18H25N3O2/c1-13(10-17(22)21-8-4-2-3-5-9-21)20-15-7-6-14-12-19-18(23)16(14)11-15/h6-7,11,13,20H,2-5,8-10,12H2,1H3,(H,19,23)/t13-/m0/s1. The van der Waals surface area contributed by atoms with Crippen LogP contribution in [0.2, 0.25) is 0 Å². The van der Waals surface area contributed by atoms with E-state index in [2.05, 4.69) is 10.6 Å². The Hall–Kier alpha value is -2.04. The van der Waals surface area contributed by atoms with Gasteiger partial charge >= 0.3 is 0 Å². The minimum absolute atomic E-state index is 0.0167. The van der Waals surface area contributed by atoms with E-state index in [0.717, 1.165) is 42.7 Å². The molecule has 1 saturated heterocycles. The summed E-state index contributed by atoms with van der Waals surface area (Å²) in [6, 6.07) is 5.88. The molecular formula is C18H25N3O2. The quantitative estimate of drug-likeness (QED) is 0.897. The number of amides is 2. The van der Waals surface area contributed by atoms with Crippen LogP contribution >= 0.6 is 0 Å². The van der Waals surface area contributed by atoms with Crippen molar-refractivity contribution in [2.75, 3.05) is 18.4 Å². The molecule has 124 valence electrons. The summed E-state index contributed by atoms with van der Waals surface area (Å²) in [5.41, 5.74) is 2.67. The molecule has 5 nitrogen and oxygen atoms in total. The van der Waals surface area contributed by atoms with E-state index in [9.17, 15) is 9.59 Å². The molecule has 1 atom stereocenters. The van der Waals surface area contributed by atoms with Crippen molar-refractivity contribution in [1.29, 1.82) is 0 Å². The Morgan fingerprint density at radius 3 is 2.74 bits per heavy atom. The summed E-state index contributed by atoms with van der Waals surface area (Å²) in [6.45, 7) is 4.41. The molecule has 0 radical (unpaired) electrons. The summed E-state index contributed by atoms with van der Waals surface area (Å²) < 4.78 is 0. The van der Waals surface area contributed by atoms with Gasteiger partial charge in [-0.05, 0) is 37.5 Å². The lowest BCUT2D eigenvalue weighted by molar-refractivity contribution is -0.131. The predicted octanol–water partition coefficient (Wildman–Crippen LogP) is 2.52. The molecule has 1 fully saturated rings. The Bertz CT molecular complexity index is 592. The van der Waals surface area contributed by atoms with Crippen molar-refractivity contribution >= 4 is 17.5 Å². The summed E-state index contributed by atoms with van der Waals surface area (Å²) in [7, 11) is 0. The van der Waals surface area contributed by atoms with E-state index < -0.39 is 0 Å². The monoisotopic (exact) mass is 315 g/mol. The highest BCUT2D eigenvalue weighted by Gasteiger charge is 2.20. The topological polar surface area (TPSA) is 61.4 Å². The predicted molar refractivity (Wildman–Crippen MR) is 90.4 cm³/mol. The number of fused-ring (bicyclic) bond motifs is 1. The molecule has 0 saturated carbocycles. The summed E-state index contributed by atoms with van der Waals surface area (Å²) in [5.74, 6) is 0.211. The summed E-state index contributed by atoms with van der Waals surface area (Å²) in [5, 5.41) is 6.17. The van der Waals surface area contributed by atoms with Gasteiger partial charge in [0, 0.05) is 43.3 Å². The first-order chi connectivity index (χ1) is 11.1. The Morgan fingerprint density at radius 1 is 1.26 bits per heavy atom. The molecule has 3 rings (SSSR count). The number of hydrogen-bond donors (Lipinski definition) is 2. The van der Waals surface area contributed by atoms with Gasteiger partial charge in [0.1, 0.15) is 0 Å². The number of carbonyl (C=O) groups excluding carboxylic acids is 2. The van der Waals surface area contributed by atoms with Gasteiger partial charge in [-0.2, -0.15) is 0 Å². The molecule has 2 amide bonds. The molecule has 0 spiro atoms.